The van der Waals surface area contributed by atoms with Gasteiger partial charge in [0.1, 0.15) is 17.5 Å². The van der Waals surface area contributed by atoms with Gasteiger partial charge >= 0.3 is 0 Å². The van der Waals surface area contributed by atoms with Gasteiger partial charge in [-0.25, -0.2) is 0 Å². The van der Waals surface area contributed by atoms with Crippen LogP contribution in [0.25, 0.3) is 0 Å². The van der Waals surface area contributed by atoms with Crippen molar-refractivity contribution in [3.8, 4) is 11.5 Å². The van der Waals surface area contributed by atoms with Crippen molar-refractivity contribution in [3.05, 3.63) is 94.5 Å². The molecule has 1 aliphatic rings. The van der Waals surface area contributed by atoms with Crippen LogP contribution in [0.1, 0.15) is 17.2 Å². The van der Waals surface area contributed by atoms with E-state index in [9.17, 15) is 4.79 Å². The van der Waals surface area contributed by atoms with E-state index in [1.807, 2.05) is 83.8 Å². The predicted octanol–water partition coefficient (Wildman–Crippen LogP) is 4.99. The molecule has 142 valence electrons. The molecule has 0 aliphatic carbocycles. The SMILES string of the molecule is COc1ccc([C@@H]2[C@H](Oc3ccccc3Br)C(=O)N2Cc2ccccc2)cc1. The molecule has 1 amide bonds. The highest BCUT2D eigenvalue weighted by atomic mass is 79.9. The van der Waals surface area contributed by atoms with Crippen molar-refractivity contribution in [3.63, 3.8) is 0 Å². The number of β-lactam (4-membered cyclic amide) rings is 1. The summed E-state index contributed by atoms with van der Waals surface area (Å²) in [6.07, 6.45) is -0.559. The summed E-state index contributed by atoms with van der Waals surface area (Å²) in [7, 11) is 1.64. The fourth-order valence-electron chi connectivity index (χ4n) is 3.42. The van der Waals surface area contributed by atoms with E-state index in [-0.39, 0.29) is 11.9 Å². The topological polar surface area (TPSA) is 38.8 Å². The number of para-hydroxylation sites is 1. The molecule has 1 fully saturated rings. The van der Waals surface area contributed by atoms with Gasteiger partial charge < -0.3 is 14.4 Å². The van der Waals surface area contributed by atoms with Gasteiger partial charge in [0.05, 0.1) is 11.6 Å². The number of hydrogen-bond donors (Lipinski definition) is 0. The van der Waals surface area contributed by atoms with Gasteiger partial charge in [-0.3, -0.25) is 4.79 Å². The van der Waals surface area contributed by atoms with E-state index < -0.39 is 6.10 Å². The molecule has 1 saturated heterocycles. The van der Waals surface area contributed by atoms with Crippen LogP contribution in [-0.4, -0.2) is 24.0 Å². The molecule has 5 heteroatoms. The van der Waals surface area contributed by atoms with Gasteiger partial charge in [0.25, 0.3) is 5.91 Å². The quantitative estimate of drug-likeness (QED) is 0.509. The lowest BCUT2D eigenvalue weighted by atomic mass is 9.89. The van der Waals surface area contributed by atoms with Crippen LogP contribution in [0, 0.1) is 0 Å². The second kappa shape index (κ2) is 8.07. The molecule has 2 atom stereocenters. The number of likely N-dealkylation sites (tertiary alicyclic amines) is 1. The summed E-state index contributed by atoms with van der Waals surface area (Å²) in [6.45, 7) is 0.548. The van der Waals surface area contributed by atoms with Gasteiger partial charge in [0.15, 0.2) is 0 Å². The number of carbonyl (C=O) groups excluding carboxylic acids is 1. The lowest BCUT2D eigenvalue weighted by molar-refractivity contribution is -0.165. The van der Waals surface area contributed by atoms with Crippen LogP contribution in [0.15, 0.2) is 83.3 Å². The third-order valence-corrected chi connectivity index (χ3v) is 5.55. The Balaban J connectivity index is 1.62. The highest BCUT2D eigenvalue weighted by molar-refractivity contribution is 9.10. The van der Waals surface area contributed by atoms with Crippen LogP contribution in [0.2, 0.25) is 0 Å². The summed E-state index contributed by atoms with van der Waals surface area (Å²) in [5.74, 6) is 1.44. The maximum atomic E-state index is 12.9. The summed E-state index contributed by atoms with van der Waals surface area (Å²) in [5, 5.41) is 0. The number of ether oxygens (including phenoxy) is 2. The van der Waals surface area contributed by atoms with Crippen molar-refractivity contribution >= 4 is 21.8 Å². The first-order valence-corrected chi connectivity index (χ1v) is 9.86. The minimum atomic E-state index is -0.559. The average Bonchev–Trinajstić information content (AvgIpc) is 2.74. The van der Waals surface area contributed by atoms with Crippen molar-refractivity contribution in [2.24, 2.45) is 0 Å². The van der Waals surface area contributed by atoms with Crippen molar-refractivity contribution < 1.29 is 14.3 Å². The molecule has 0 radical (unpaired) electrons. The fraction of sp³-hybridized carbons (Fsp3) is 0.174. The smallest absolute Gasteiger partial charge is 0.267 e. The maximum absolute atomic E-state index is 12.9. The van der Waals surface area contributed by atoms with Crippen molar-refractivity contribution in [2.75, 3.05) is 7.11 Å². The van der Waals surface area contributed by atoms with E-state index in [1.165, 1.54) is 0 Å². The van der Waals surface area contributed by atoms with Crippen molar-refractivity contribution in [1.82, 2.24) is 4.90 Å². The number of benzene rings is 3. The van der Waals surface area contributed by atoms with Crippen LogP contribution >= 0.6 is 15.9 Å². The summed E-state index contributed by atoms with van der Waals surface area (Å²) in [4.78, 5) is 14.8. The first-order chi connectivity index (χ1) is 13.7. The Morgan fingerprint density at radius 2 is 1.61 bits per heavy atom. The Morgan fingerprint density at radius 3 is 2.29 bits per heavy atom. The Hall–Kier alpha value is -2.79. The number of methoxy groups -OCH3 is 1. The first-order valence-electron chi connectivity index (χ1n) is 9.07. The number of amides is 1. The molecule has 0 bridgehead atoms. The fourth-order valence-corrected chi connectivity index (χ4v) is 3.80. The monoisotopic (exact) mass is 437 g/mol. The average molecular weight is 438 g/mol. The first kappa shape index (κ1) is 18.6. The molecule has 0 saturated carbocycles. The van der Waals surface area contributed by atoms with E-state index in [2.05, 4.69) is 15.9 Å². The van der Waals surface area contributed by atoms with Gasteiger partial charge in [-0.15, -0.1) is 0 Å². The van der Waals surface area contributed by atoms with E-state index in [4.69, 9.17) is 9.47 Å². The lowest BCUT2D eigenvalue weighted by Gasteiger charge is -2.47. The zero-order valence-corrected chi connectivity index (χ0v) is 17.0. The van der Waals surface area contributed by atoms with Gasteiger partial charge in [0.2, 0.25) is 6.10 Å². The third-order valence-electron chi connectivity index (χ3n) is 4.89. The Bertz CT molecular complexity index is 959. The van der Waals surface area contributed by atoms with Crippen LogP contribution in [0.3, 0.4) is 0 Å². The van der Waals surface area contributed by atoms with E-state index in [0.717, 1.165) is 21.3 Å². The number of carbonyl (C=O) groups is 1. The second-order valence-corrected chi connectivity index (χ2v) is 7.49. The summed E-state index contributed by atoms with van der Waals surface area (Å²) in [6, 6.07) is 25.2. The molecule has 0 aromatic heterocycles. The molecule has 4 nitrogen and oxygen atoms in total. The molecule has 0 spiro atoms. The maximum Gasteiger partial charge on any atom is 0.267 e. The zero-order chi connectivity index (χ0) is 19.5. The Labute approximate surface area is 172 Å². The van der Waals surface area contributed by atoms with E-state index >= 15 is 0 Å². The van der Waals surface area contributed by atoms with Gasteiger partial charge in [-0.05, 0) is 51.3 Å². The molecule has 3 aromatic carbocycles. The lowest BCUT2D eigenvalue weighted by Crippen LogP contribution is -2.60. The van der Waals surface area contributed by atoms with Crippen molar-refractivity contribution in [1.29, 1.82) is 0 Å². The number of rotatable bonds is 6. The molecular weight excluding hydrogens is 418 g/mol. The van der Waals surface area contributed by atoms with Crippen molar-refractivity contribution in [2.45, 2.75) is 18.7 Å². The second-order valence-electron chi connectivity index (χ2n) is 6.64. The predicted molar refractivity (Wildman–Crippen MR) is 111 cm³/mol. The molecule has 28 heavy (non-hydrogen) atoms. The standard InChI is InChI=1S/C23H20BrNO3/c1-27-18-13-11-17(12-14-18)21-22(28-20-10-6-5-9-19(20)24)23(26)25(21)15-16-7-3-2-4-8-16/h2-14,21-22H,15H2,1H3/t21-,22+/m1/s1. The highest BCUT2D eigenvalue weighted by Crippen LogP contribution is 2.40. The third kappa shape index (κ3) is 3.62. The molecule has 0 N–H and O–H groups in total. The molecular formula is C23H20BrNO3. The van der Waals surface area contributed by atoms with Gasteiger partial charge in [-0.2, -0.15) is 0 Å². The van der Waals surface area contributed by atoms with E-state index in [0.29, 0.717) is 12.3 Å². The summed E-state index contributed by atoms with van der Waals surface area (Å²) < 4.78 is 12.2. The highest BCUT2D eigenvalue weighted by Gasteiger charge is 2.50. The number of nitrogens with zero attached hydrogens (tertiary/aromatic N) is 1. The summed E-state index contributed by atoms with van der Waals surface area (Å²) >= 11 is 3.50. The number of hydrogen-bond acceptors (Lipinski definition) is 3. The minimum Gasteiger partial charge on any atom is -0.497 e. The van der Waals surface area contributed by atoms with E-state index in [1.54, 1.807) is 7.11 Å². The molecule has 4 rings (SSSR count). The molecule has 3 aromatic rings. The minimum absolute atomic E-state index is 0.0135. The normalized spacial score (nSPS) is 18.5. The molecule has 1 heterocycles. The largest absolute Gasteiger partial charge is 0.497 e. The number of halogens is 1. The van der Waals surface area contributed by atoms with Gasteiger partial charge in [-0.1, -0.05) is 54.6 Å². The van der Waals surface area contributed by atoms with Crippen LogP contribution in [0.5, 0.6) is 11.5 Å². The summed E-state index contributed by atoms with van der Waals surface area (Å²) in [5.41, 5.74) is 2.11. The molecule has 1 aliphatic heterocycles. The Kier molecular flexibility index (Phi) is 5.35. The molecule has 0 unspecified atom stereocenters. The van der Waals surface area contributed by atoms with Crippen LogP contribution in [-0.2, 0) is 11.3 Å². The van der Waals surface area contributed by atoms with Crippen LogP contribution in [0.4, 0.5) is 0 Å². The van der Waals surface area contributed by atoms with Crippen LogP contribution < -0.4 is 9.47 Å². The Morgan fingerprint density at radius 1 is 0.929 bits per heavy atom. The van der Waals surface area contributed by atoms with Gasteiger partial charge in [0, 0.05) is 6.54 Å². The zero-order valence-electron chi connectivity index (χ0n) is 15.4.